The Morgan fingerprint density at radius 3 is 2.24 bits per heavy atom. The molecule has 0 bridgehead atoms. The molecule has 3 rings (SSSR count). The van der Waals surface area contributed by atoms with E-state index in [0.29, 0.717) is 64.2 Å². The van der Waals surface area contributed by atoms with Crippen LogP contribution in [0.25, 0.3) is 0 Å². The van der Waals surface area contributed by atoms with Crippen LogP contribution in [0.3, 0.4) is 0 Å². The van der Waals surface area contributed by atoms with E-state index in [-0.39, 0.29) is 17.7 Å². The maximum atomic E-state index is 12.9. The van der Waals surface area contributed by atoms with Gasteiger partial charge in [-0.2, -0.15) is 13.2 Å². The van der Waals surface area contributed by atoms with E-state index in [1.54, 1.807) is 6.07 Å². The van der Waals surface area contributed by atoms with Crippen molar-refractivity contribution in [3.05, 3.63) is 29.8 Å². The van der Waals surface area contributed by atoms with Gasteiger partial charge in [-0.05, 0) is 37.5 Å². The highest BCUT2D eigenvalue weighted by Gasteiger charge is 2.33. The third-order valence-electron chi connectivity index (χ3n) is 5.79. The van der Waals surface area contributed by atoms with Gasteiger partial charge >= 0.3 is 6.18 Å². The predicted octanol–water partition coefficient (Wildman–Crippen LogP) is 3.39. The Hall–Kier alpha value is -2.25. The topological polar surface area (TPSA) is 43.9 Å². The van der Waals surface area contributed by atoms with Crippen molar-refractivity contribution in [2.24, 2.45) is 5.92 Å². The lowest BCUT2D eigenvalue weighted by Crippen LogP contribution is -2.52. The summed E-state index contributed by atoms with van der Waals surface area (Å²) in [6, 6.07) is 5.33. The molecule has 2 aliphatic rings. The number of hydrogen-bond donors (Lipinski definition) is 0. The maximum Gasteiger partial charge on any atom is 0.416 e. The summed E-state index contributed by atoms with van der Waals surface area (Å²) in [4.78, 5) is 30.4. The van der Waals surface area contributed by atoms with Crippen LogP contribution in [0.15, 0.2) is 24.3 Å². The average molecular weight is 411 g/mol. The second-order valence-corrected chi connectivity index (χ2v) is 7.77. The SMILES string of the molecule is CCCC(=O)N1CCC(C(=O)N2CCN(c3cccc(C(F)(F)F)c3)CC2)CC1. The van der Waals surface area contributed by atoms with E-state index < -0.39 is 11.7 Å². The van der Waals surface area contributed by atoms with Gasteiger partial charge in [-0.15, -0.1) is 0 Å². The van der Waals surface area contributed by atoms with Crippen molar-refractivity contribution in [3.63, 3.8) is 0 Å². The Balaban J connectivity index is 1.51. The average Bonchev–Trinajstić information content (AvgIpc) is 2.73. The van der Waals surface area contributed by atoms with Crippen LogP contribution < -0.4 is 4.90 Å². The van der Waals surface area contributed by atoms with E-state index >= 15 is 0 Å². The van der Waals surface area contributed by atoms with Crippen molar-refractivity contribution in [1.29, 1.82) is 0 Å². The lowest BCUT2D eigenvalue weighted by molar-refractivity contribution is -0.141. The highest BCUT2D eigenvalue weighted by atomic mass is 19.4. The van der Waals surface area contributed by atoms with Gasteiger partial charge in [0.25, 0.3) is 0 Å². The molecular formula is C21H28F3N3O2. The monoisotopic (exact) mass is 411 g/mol. The number of benzene rings is 1. The van der Waals surface area contributed by atoms with Crippen molar-refractivity contribution in [2.75, 3.05) is 44.2 Å². The van der Waals surface area contributed by atoms with Crippen molar-refractivity contribution in [1.82, 2.24) is 9.80 Å². The molecule has 0 aliphatic carbocycles. The summed E-state index contributed by atoms with van der Waals surface area (Å²) in [6.45, 7) is 5.27. The van der Waals surface area contributed by atoms with Crippen LogP contribution in [-0.2, 0) is 15.8 Å². The lowest BCUT2D eigenvalue weighted by Gasteiger charge is -2.39. The summed E-state index contributed by atoms with van der Waals surface area (Å²) < 4.78 is 38.8. The first kappa shape index (κ1) is 21.5. The Morgan fingerprint density at radius 2 is 1.66 bits per heavy atom. The first-order chi connectivity index (χ1) is 13.8. The summed E-state index contributed by atoms with van der Waals surface area (Å²) in [6.07, 6.45) is -1.62. The smallest absolute Gasteiger partial charge is 0.368 e. The molecule has 2 aliphatic heterocycles. The minimum Gasteiger partial charge on any atom is -0.368 e. The predicted molar refractivity (Wildman–Crippen MR) is 104 cm³/mol. The molecule has 0 aromatic heterocycles. The van der Waals surface area contributed by atoms with Crippen LogP contribution >= 0.6 is 0 Å². The van der Waals surface area contributed by atoms with Gasteiger partial charge in [-0.25, -0.2) is 0 Å². The van der Waals surface area contributed by atoms with Gasteiger partial charge in [0.1, 0.15) is 0 Å². The van der Waals surface area contributed by atoms with Crippen molar-refractivity contribution in [2.45, 2.75) is 38.8 Å². The summed E-state index contributed by atoms with van der Waals surface area (Å²) in [5.41, 5.74) is -0.118. The second kappa shape index (κ2) is 9.05. The molecule has 160 valence electrons. The number of carbonyl (C=O) groups is 2. The zero-order chi connectivity index (χ0) is 21.0. The van der Waals surface area contributed by atoms with Crippen LogP contribution in [0.5, 0.6) is 0 Å². The summed E-state index contributed by atoms with van der Waals surface area (Å²) in [5, 5.41) is 0. The minimum atomic E-state index is -4.36. The van der Waals surface area contributed by atoms with E-state index in [1.807, 2.05) is 21.6 Å². The van der Waals surface area contributed by atoms with E-state index in [9.17, 15) is 22.8 Å². The normalized spacial score (nSPS) is 18.8. The molecule has 0 N–H and O–H groups in total. The molecule has 0 atom stereocenters. The Morgan fingerprint density at radius 1 is 1.00 bits per heavy atom. The molecule has 1 aromatic carbocycles. The Kier molecular flexibility index (Phi) is 6.70. The largest absolute Gasteiger partial charge is 0.416 e. The Labute approximate surface area is 169 Å². The van der Waals surface area contributed by atoms with Crippen LogP contribution in [-0.4, -0.2) is 60.9 Å². The fourth-order valence-corrected chi connectivity index (χ4v) is 4.07. The molecule has 2 fully saturated rings. The summed E-state index contributed by atoms with van der Waals surface area (Å²) in [5.74, 6) is 0.199. The highest BCUT2D eigenvalue weighted by molar-refractivity contribution is 5.80. The van der Waals surface area contributed by atoms with Crippen molar-refractivity contribution < 1.29 is 22.8 Å². The highest BCUT2D eigenvalue weighted by Crippen LogP contribution is 2.32. The zero-order valence-electron chi connectivity index (χ0n) is 16.7. The molecule has 5 nitrogen and oxygen atoms in total. The number of carbonyl (C=O) groups excluding carboxylic acids is 2. The van der Waals surface area contributed by atoms with Crippen LogP contribution in [0, 0.1) is 5.92 Å². The number of piperidine rings is 1. The molecule has 0 saturated carbocycles. The molecule has 2 heterocycles. The lowest BCUT2D eigenvalue weighted by atomic mass is 9.94. The van der Waals surface area contributed by atoms with Gasteiger partial charge in [0.2, 0.25) is 11.8 Å². The standard InChI is InChI=1S/C21H28F3N3O2/c1-2-4-19(28)26-9-7-16(8-10-26)20(29)27-13-11-25(12-14-27)18-6-3-5-17(15-18)21(22,23)24/h3,5-6,15-16H,2,4,7-14H2,1H3. The minimum absolute atomic E-state index is 0.0687. The van der Waals surface area contributed by atoms with Gasteiger partial charge in [0.05, 0.1) is 5.56 Å². The molecule has 1 aromatic rings. The molecule has 0 unspecified atom stereocenters. The first-order valence-corrected chi connectivity index (χ1v) is 10.3. The number of anilines is 1. The van der Waals surface area contributed by atoms with Crippen LogP contribution in [0.1, 0.15) is 38.2 Å². The molecule has 0 radical (unpaired) electrons. The van der Waals surface area contributed by atoms with E-state index in [0.717, 1.165) is 12.5 Å². The fourth-order valence-electron chi connectivity index (χ4n) is 4.07. The second-order valence-electron chi connectivity index (χ2n) is 7.77. The first-order valence-electron chi connectivity index (χ1n) is 10.3. The van der Waals surface area contributed by atoms with Crippen molar-refractivity contribution >= 4 is 17.5 Å². The van der Waals surface area contributed by atoms with Gasteiger partial charge in [0, 0.05) is 57.3 Å². The van der Waals surface area contributed by atoms with Crippen LogP contribution in [0.2, 0.25) is 0 Å². The third-order valence-corrected chi connectivity index (χ3v) is 5.79. The number of alkyl halides is 3. The van der Waals surface area contributed by atoms with E-state index in [1.165, 1.54) is 12.1 Å². The van der Waals surface area contributed by atoms with Crippen LogP contribution in [0.4, 0.5) is 18.9 Å². The van der Waals surface area contributed by atoms with E-state index in [2.05, 4.69) is 0 Å². The Bertz CT molecular complexity index is 722. The van der Waals surface area contributed by atoms with Gasteiger partial charge < -0.3 is 14.7 Å². The number of hydrogen-bond acceptors (Lipinski definition) is 3. The van der Waals surface area contributed by atoms with Gasteiger partial charge in [-0.1, -0.05) is 13.0 Å². The quantitative estimate of drug-likeness (QED) is 0.763. The molecule has 2 saturated heterocycles. The summed E-state index contributed by atoms with van der Waals surface area (Å²) in [7, 11) is 0. The summed E-state index contributed by atoms with van der Waals surface area (Å²) >= 11 is 0. The van der Waals surface area contributed by atoms with E-state index in [4.69, 9.17) is 0 Å². The van der Waals surface area contributed by atoms with Crippen molar-refractivity contribution in [3.8, 4) is 0 Å². The molecule has 0 spiro atoms. The number of nitrogens with zero attached hydrogens (tertiary/aromatic N) is 3. The molecular weight excluding hydrogens is 383 g/mol. The number of halogens is 3. The van der Waals surface area contributed by atoms with Gasteiger partial charge in [0.15, 0.2) is 0 Å². The van der Waals surface area contributed by atoms with Gasteiger partial charge in [-0.3, -0.25) is 9.59 Å². The molecule has 8 heteroatoms. The molecule has 29 heavy (non-hydrogen) atoms. The zero-order valence-corrected chi connectivity index (χ0v) is 16.7. The number of piperazine rings is 1. The number of likely N-dealkylation sites (tertiary alicyclic amines) is 1. The molecule has 2 amide bonds. The number of amides is 2. The maximum absolute atomic E-state index is 12.9. The fraction of sp³-hybridized carbons (Fsp3) is 0.619. The number of rotatable bonds is 4. The third kappa shape index (κ3) is 5.22.